The van der Waals surface area contributed by atoms with E-state index in [1.807, 2.05) is 25.1 Å². The van der Waals surface area contributed by atoms with Gasteiger partial charge in [-0.2, -0.15) is 5.10 Å². The molecule has 1 unspecified atom stereocenters. The molecule has 16 heavy (non-hydrogen) atoms. The van der Waals surface area contributed by atoms with Crippen molar-refractivity contribution in [2.45, 2.75) is 13.0 Å². The quantitative estimate of drug-likeness (QED) is 0.788. The number of nitrogens with zero attached hydrogens (tertiary/aromatic N) is 2. The van der Waals surface area contributed by atoms with Crippen LogP contribution in [0.5, 0.6) is 0 Å². The zero-order valence-corrected chi connectivity index (χ0v) is 9.14. The number of hydrogen-bond donors (Lipinski definition) is 2. The summed E-state index contributed by atoms with van der Waals surface area (Å²) < 4.78 is 1.65. The standard InChI is InChI=1S/C11H13N3O2/c1-6-3-4-7-8(5-6)14(2)13-10(7)9(12)11(15)16/h3-5,9H,12H2,1-2H3,(H,15,16). The highest BCUT2D eigenvalue weighted by Gasteiger charge is 2.21. The van der Waals surface area contributed by atoms with E-state index in [9.17, 15) is 4.79 Å². The van der Waals surface area contributed by atoms with Gasteiger partial charge in [0.2, 0.25) is 0 Å². The smallest absolute Gasteiger partial charge is 0.326 e. The van der Waals surface area contributed by atoms with Crippen LogP contribution in [0, 0.1) is 6.92 Å². The first-order valence-corrected chi connectivity index (χ1v) is 4.92. The lowest BCUT2D eigenvalue weighted by Gasteiger charge is -2.02. The summed E-state index contributed by atoms with van der Waals surface area (Å²) in [5.74, 6) is -1.07. The van der Waals surface area contributed by atoms with E-state index in [1.165, 1.54) is 0 Å². The molecule has 1 aromatic heterocycles. The predicted octanol–water partition coefficient (Wildman–Crippen LogP) is 0.966. The summed E-state index contributed by atoms with van der Waals surface area (Å²) in [6, 6.07) is 4.66. The minimum atomic E-state index is -1.08. The van der Waals surface area contributed by atoms with Crippen LogP contribution in [0.25, 0.3) is 10.9 Å². The number of aromatic nitrogens is 2. The van der Waals surface area contributed by atoms with E-state index in [1.54, 1.807) is 11.7 Å². The Morgan fingerprint density at radius 3 is 2.88 bits per heavy atom. The average molecular weight is 219 g/mol. The molecule has 0 radical (unpaired) electrons. The zero-order chi connectivity index (χ0) is 11.9. The Bertz CT molecular complexity index is 560. The second-order valence-corrected chi connectivity index (χ2v) is 3.85. The molecule has 3 N–H and O–H groups in total. The molecule has 0 aliphatic heterocycles. The second-order valence-electron chi connectivity index (χ2n) is 3.85. The first-order chi connectivity index (χ1) is 7.50. The summed E-state index contributed by atoms with van der Waals surface area (Å²) in [5, 5.41) is 13.8. The van der Waals surface area contributed by atoms with Crippen LogP contribution in [0.3, 0.4) is 0 Å². The van der Waals surface area contributed by atoms with Gasteiger partial charge in [0.15, 0.2) is 0 Å². The summed E-state index contributed by atoms with van der Waals surface area (Å²) in [6.45, 7) is 1.98. The van der Waals surface area contributed by atoms with Crippen molar-refractivity contribution in [1.29, 1.82) is 0 Å². The number of carbonyl (C=O) groups is 1. The summed E-state index contributed by atoms with van der Waals surface area (Å²) in [6.07, 6.45) is 0. The molecule has 84 valence electrons. The van der Waals surface area contributed by atoms with Crippen molar-refractivity contribution in [3.05, 3.63) is 29.5 Å². The van der Waals surface area contributed by atoms with Crippen molar-refractivity contribution in [3.63, 3.8) is 0 Å². The Hall–Kier alpha value is -1.88. The van der Waals surface area contributed by atoms with Gasteiger partial charge in [0, 0.05) is 12.4 Å². The Labute approximate surface area is 92.5 Å². The minimum Gasteiger partial charge on any atom is -0.480 e. The number of aryl methyl sites for hydroxylation is 2. The molecule has 0 spiro atoms. The molecule has 5 heteroatoms. The van der Waals surface area contributed by atoms with Crippen LogP contribution in [0.2, 0.25) is 0 Å². The third-order valence-electron chi connectivity index (χ3n) is 2.60. The van der Waals surface area contributed by atoms with E-state index < -0.39 is 12.0 Å². The highest BCUT2D eigenvalue weighted by Crippen LogP contribution is 2.23. The van der Waals surface area contributed by atoms with E-state index in [0.717, 1.165) is 16.5 Å². The normalized spacial score (nSPS) is 12.9. The molecule has 1 heterocycles. The second kappa shape index (κ2) is 3.61. The van der Waals surface area contributed by atoms with Gasteiger partial charge in [0.25, 0.3) is 0 Å². The van der Waals surface area contributed by atoms with Crippen molar-refractivity contribution in [2.75, 3.05) is 0 Å². The van der Waals surface area contributed by atoms with Crippen LogP contribution < -0.4 is 5.73 Å². The van der Waals surface area contributed by atoms with Crippen LogP contribution in [-0.4, -0.2) is 20.9 Å². The molecule has 2 rings (SSSR count). The molecule has 0 bridgehead atoms. The molecule has 0 saturated carbocycles. The first kappa shape index (κ1) is 10.6. The fourth-order valence-corrected chi connectivity index (χ4v) is 1.74. The summed E-state index contributed by atoms with van der Waals surface area (Å²) in [5.41, 5.74) is 7.99. The topological polar surface area (TPSA) is 81.1 Å². The maximum Gasteiger partial charge on any atom is 0.326 e. The molecule has 2 aromatic rings. The van der Waals surface area contributed by atoms with Gasteiger partial charge in [0.05, 0.1) is 11.2 Å². The lowest BCUT2D eigenvalue weighted by atomic mass is 10.1. The molecule has 5 nitrogen and oxygen atoms in total. The summed E-state index contributed by atoms with van der Waals surface area (Å²) >= 11 is 0. The highest BCUT2D eigenvalue weighted by atomic mass is 16.4. The molecule has 1 aromatic carbocycles. The Kier molecular flexibility index (Phi) is 2.40. The number of benzene rings is 1. The maximum absolute atomic E-state index is 10.8. The third kappa shape index (κ3) is 1.55. The van der Waals surface area contributed by atoms with Gasteiger partial charge in [-0.15, -0.1) is 0 Å². The number of hydrogen-bond acceptors (Lipinski definition) is 3. The van der Waals surface area contributed by atoms with Gasteiger partial charge in [-0.1, -0.05) is 12.1 Å². The highest BCUT2D eigenvalue weighted by molar-refractivity contribution is 5.88. The average Bonchev–Trinajstić information content (AvgIpc) is 2.55. The SMILES string of the molecule is Cc1ccc2c(C(N)C(=O)O)nn(C)c2c1. The lowest BCUT2D eigenvalue weighted by molar-refractivity contribution is -0.138. The van der Waals surface area contributed by atoms with Crippen molar-refractivity contribution in [3.8, 4) is 0 Å². The first-order valence-electron chi connectivity index (χ1n) is 4.92. The summed E-state index contributed by atoms with van der Waals surface area (Å²) in [7, 11) is 1.78. The third-order valence-corrected chi connectivity index (χ3v) is 2.60. The fourth-order valence-electron chi connectivity index (χ4n) is 1.74. The van der Waals surface area contributed by atoms with E-state index in [2.05, 4.69) is 5.10 Å². The fraction of sp³-hybridized carbons (Fsp3) is 0.273. The Balaban J connectivity index is 2.68. The number of nitrogens with two attached hydrogens (primary N) is 1. The minimum absolute atomic E-state index is 0.407. The van der Waals surface area contributed by atoms with Crippen molar-refractivity contribution >= 4 is 16.9 Å². The van der Waals surface area contributed by atoms with Gasteiger partial charge < -0.3 is 10.8 Å². The summed E-state index contributed by atoms with van der Waals surface area (Å²) in [4.78, 5) is 10.8. The van der Waals surface area contributed by atoms with Crippen LogP contribution in [0.15, 0.2) is 18.2 Å². The van der Waals surface area contributed by atoms with Gasteiger partial charge in [-0.25, -0.2) is 0 Å². The lowest BCUT2D eigenvalue weighted by Crippen LogP contribution is -2.21. The number of fused-ring (bicyclic) bond motifs is 1. The number of carboxylic acids is 1. The van der Waals surface area contributed by atoms with E-state index in [4.69, 9.17) is 10.8 Å². The van der Waals surface area contributed by atoms with Crippen molar-refractivity contribution in [2.24, 2.45) is 12.8 Å². The van der Waals surface area contributed by atoms with Gasteiger partial charge in [0.1, 0.15) is 6.04 Å². The Morgan fingerprint density at radius 1 is 1.56 bits per heavy atom. The molecule has 0 aliphatic carbocycles. The molecular weight excluding hydrogens is 206 g/mol. The molecule has 0 aliphatic rings. The maximum atomic E-state index is 10.8. The zero-order valence-electron chi connectivity index (χ0n) is 9.14. The van der Waals surface area contributed by atoms with Gasteiger partial charge in [-0.05, 0) is 18.6 Å². The number of carboxylic acid groups (broad SMARTS) is 1. The molecule has 0 saturated heterocycles. The largest absolute Gasteiger partial charge is 0.480 e. The van der Waals surface area contributed by atoms with E-state index in [-0.39, 0.29) is 0 Å². The van der Waals surface area contributed by atoms with Crippen molar-refractivity contribution in [1.82, 2.24) is 9.78 Å². The van der Waals surface area contributed by atoms with Crippen LogP contribution >= 0.6 is 0 Å². The number of rotatable bonds is 2. The molecule has 0 amide bonds. The predicted molar refractivity (Wildman–Crippen MR) is 60.0 cm³/mol. The van der Waals surface area contributed by atoms with Gasteiger partial charge in [-0.3, -0.25) is 9.48 Å². The van der Waals surface area contributed by atoms with Crippen LogP contribution in [-0.2, 0) is 11.8 Å². The van der Waals surface area contributed by atoms with Crippen LogP contribution in [0.4, 0.5) is 0 Å². The van der Waals surface area contributed by atoms with Gasteiger partial charge >= 0.3 is 5.97 Å². The van der Waals surface area contributed by atoms with Crippen LogP contribution in [0.1, 0.15) is 17.3 Å². The Morgan fingerprint density at radius 2 is 2.25 bits per heavy atom. The monoisotopic (exact) mass is 219 g/mol. The molecular formula is C11H13N3O2. The van der Waals surface area contributed by atoms with E-state index in [0.29, 0.717) is 5.69 Å². The van der Waals surface area contributed by atoms with E-state index >= 15 is 0 Å². The molecule has 0 fully saturated rings. The molecule has 1 atom stereocenters. The van der Waals surface area contributed by atoms with Crippen molar-refractivity contribution < 1.29 is 9.90 Å². The number of aliphatic carboxylic acids is 1.